The van der Waals surface area contributed by atoms with Gasteiger partial charge in [-0.25, -0.2) is 4.79 Å². The maximum absolute atomic E-state index is 12.2. The summed E-state index contributed by atoms with van der Waals surface area (Å²) in [5.74, 6) is -0.665. The molecule has 2 aromatic rings. The molecule has 0 unspecified atom stereocenters. The Morgan fingerprint density at radius 1 is 1.08 bits per heavy atom. The highest BCUT2D eigenvalue weighted by Crippen LogP contribution is 2.12. The number of phenols is 1. The zero-order valence-electron chi connectivity index (χ0n) is 13.3. The Morgan fingerprint density at radius 3 is 2.29 bits per heavy atom. The average molecular weight is 350 g/mol. The zero-order chi connectivity index (χ0) is 16.7. The molecule has 0 radical (unpaired) electrons. The summed E-state index contributed by atoms with van der Waals surface area (Å²) in [6, 6.07) is 14.4. The largest absolute Gasteiger partial charge is 0.508 e. The Bertz CT molecular complexity index is 658. The number of ether oxygens (including phenoxy) is 1. The zero-order valence-corrected chi connectivity index (χ0v) is 14.1. The lowest BCUT2D eigenvalue weighted by Gasteiger charge is -2.17. The Labute approximate surface area is 147 Å². The SMILES string of the molecule is CCOC(=O)[C@H](Cc1ccc(O)cc1)NC(=O)c1ccccc1.Cl. The molecule has 0 aromatic heterocycles. The second-order valence-electron chi connectivity index (χ2n) is 5.01. The molecule has 24 heavy (non-hydrogen) atoms. The minimum absolute atomic E-state index is 0. The summed E-state index contributed by atoms with van der Waals surface area (Å²) in [5, 5.41) is 12.0. The fourth-order valence-corrected chi connectivity index (χ4v) is 2.13. The van der Waals surface area contributed by atoms with Crippen molar-refractivity contribution in [2.75, 3.05) is 6.61 Å². The lowest BCUT2D eigenvalue weighted by atomic mass is 10.1. The van der Waals surface area contributed by atoms with Crippen molar-refractivity contribution in [1.29, 1.82) is 0 Å². The molecule has 0 aliphatic rings. The van der Waals surface area contributed by atoms with E-state index in [4.69, 9.17) is 4.74 Å². The van der Waals surface area contributed by atoms with Crippen LogP contribution in [0.5, 0.6) is 5.75 Å². The number of esters is 1. The minimum Gasteiger partial charge on any atom is -0.508 e. The molecule has 0 spiro atoms. The van der Waals surface area contributed by atoms with Crippen molar-refractivity contribution in [3.8, 4) is 5.75 Å². The second kappa shape index (κ2) is 9.57. The molecule has 0 fully saturated rings. The van der Waals surface area contributed by atoms with Crippen LogP contribution in [0.25, 0.3) is 0 Å². The highest BCUT2D eigenvalue weighted by molar-refractivity contribution is 5.96. The van der Waals surface area contributed by atoms with Gasteiger partial charge in [0, 0.05) is 12.0 Å². The monoisotopic (exact) mass is 349 g/mol. The number of carbonyl (C=O) groups excluding carboxylic acids is 2. The van der Waals surface area contributed by atoms with Crippen LogP contribution in [-0.4, -0.2) is 29.6 Å². The van der Waals surface area contributed by atoms with Gasteiger partial charge in [0.05, 0.1) is 6.61 Å². The summed E-state index contributed by atoms with van der Waals surface area (Å²) in [7, 11) is 0. The minimum atomic E-state index is -0.785. The first-order chi connectivity index (χ1) is 11.1. The summed E-state index contributed by atoms with van der Waals surface area (Å²) in [4.78, 5) is 24.3. The summed E-state index contributed by atoms with van der Waals surface area (Å²) >= 11 is 0. The van der Waals surface area contributed by atoms with Gasteiger partial charge in [-0.2, -0.15) is 0 Å². The van der Waals surface area contributed by atoms with E-state index >= 15 is 0 Å². The van der Waals surface area contributed by atoms with Gasteiger partial charge in [-0.3, -0.25) is 4.79 Å². The summed E-state index contributed by atoms with van der Waals surface area (Å²) in [5.41, 5.74) is 1.29. The molecule has 2 N–H and O–H groups in total. The van der Waals surface area contributed by atoms with Crippen molar-refractivity contribution < 1.29 is 19.4 Å². The number of rotatable bonds is 6. The number of benzene rings is 2. The number of aromatic hydroxyl groups is 1. The molecular formula is C18H20ClNO4. The quantitative estimate of drug-likeness (QED) is 0.786. The Kier molecular flexibility index (Phi) is 7.79. The highest BCUT2D eigenvalue weighted by atomic mass is 35.5. The van der Waals surface area contributed by atoms with Crippen molar-refractivity contribution in [1.82, 2.24) is 5.32 Å². The van der Waals surface area contributed by atoms with Crippen molar-refractivity contribution in [2.45, 2.75) is 19.4 Å². The molecule has 6 heteroatoms. The smallest absolute Gasteiger partial charge is 0.328 e. The Hall–Kier alpha value is -2.53. The molecular weight excluding hydrogens is 330 g/mol. The van der Waals surface area contributed by atoms with Crippen molar-refractivity contribution in [3.63, 3.8) is 0 Å². The maximum Gasteiger partial charge on any atom is 0.328 e. The van der Waals surface area contributed by atoms with E-state index in [1.165, 1.54) is 12.1 Å². The summed E-state index contributed by atoms with van der Waals surface area (Å²) < 4.78 is 5.03. The van der Waals surface area contributed by atoms with Gasteiger partial charge >= 0.3 is 5.97 Å². The van der Waals surface area contributed by atoms with Gasteiger partial charge in [0.25, 0.3) is 5.91 Å². The molecule has 2 rings (SSSR count). The van der Waals surface area contributed by atoms with Gasteiger partial charge in [-0.15, -0.1) is 12.4 Å². The maximum atomic E-state index is 12.2. The van der Waals surface area contributed by atoms with Crippen LogP contribution >= 0.6 is 12.4 Å². The van der Waals surface area contributed by atoms with E-state index in [0.717, 1.165) is 5.56 Å². The number of amides is 1. The van der Waals surface area contributed by atoms with Crippen LogP contribution in [0.4, 0.5) is 0 Å². The third-order valence-electron chi connectivity index (χ3n) is 3.29. The van der Waals surface area contributed by atoms with E-state index in [9.17, 15) is 14.7 Å². The van der Waals surface area contributed by atoms with E-state index in [2.05, 4.69) is 5.32 Å². The number of phenolic OH excluding ortho intramolecular Hbond substituents is 1. The van der Waals surface area contributed by atoms with Gasteiger partial charge in [0.15, 0.2) is 0 Å². The molecule has 0 bridgehead atoms. The van der Waals surface area contributed by atoms with E-state index in [0.29, 0.717) is 5.56 Å². The normalized spacial score (nSPS) is 11.0. The van der Waals surface area contributed by atoms with E-state index in [-0.39, 0.29) is 37.1 Å². The number of hydrogen-bond donors (Lipinski definition) is 2. The second-order valence-corrected chi connectivity index (χ2v) is 5.01. The molecule has 0 aliphatic heterocycles. The van der Waals surface area contributed by atoms with Crippen molar-refractivity contribution in [3.05, 3.63) is 65.7 Å². The first-order valence-electron chi connectivity index (χ1n) is 7.40. The van der Waals surface area contributed by atoms with Crippen LogP contribution in [0.15, 0.2) is 54.6 Å². The van der Waals surface area contributed by atoms with Crippen LogP contribution in [0.3, 0.4) is 0 Å². The molecule has 0 aliphatic carbocycles. The molecule has 128 valence electrons. The van der Waals surface area contributed by atoms with Gasteiger partial charge in [0.1, 0.15) is 11.8 Å². The third-order valence-corrected chi connectivity index (χ3v) is 3.29. The lowest BCUT2D eigenvalue weighted by molar-refractivity contribution is -0.145. The van der Waals surface area contributed by atoms with Crippen molar-refractivity contribution >= 4 is 24.3 Å². The van der Waals surface area contributed by atoms with E-state index < -0.39 is 12.0 Å². The fourth-order valence-electron chi connectivity index (χ4n) is 2.13. The highest BCUT2D eigenvalue weighted by Gasteiger charge is 2.23. The number of halogens is 1. The van der Waals surface area contributed by atoms with Crippen LogP contribution in [-0.2, 0) is 16.0 Å². The number of carbonyl (C=O) groups is 2. The van der Waals surface area contributed by atoms with Crippen LogP contribution in [0.1, 0.15) is 22.8 Å². The van der Waals surface area contributed by atoms with Crippen LogP contribution in [0, 0.1) is 0 Å². The first-order valence-corrected chi connectivity index (χ1v) is 7.40. The number of nitrogens with one attached hydrogen (secondary N) is 1. The topological polar surface area (TPSA) is 75.6 Å². The van der Waals surface area contributed by atoms with Gasteiger partial charge in [-0.05, 0) is 36.8 Å². The molecule has 0 saturated carbocycles. The predicted molar refractivity (Wildman–Crippen MR) is 93.4 cm³/mol. The van der Waals surface area contributed by atoms with Gasteiger partial charge < -0.3 is 15.2 Å². The molecule has 2 aromatic carbocycles. The molecule has 1 amide bonds. The van der Waals surface area contributed by atoms with E-state index in [1.807, 2.05) is 6.07 Å². The third kappa shape index (κ3) is 5.59. The summed E-state index contributed by atoms with van der Waals surface area (Å²) in [6.45, 7) is 1.96. The van der Waals surface area contributed by atoms with E-state index in [1.54, 1.807) is 43.3 Å². The first kappa shape index (κ1) is 19.5. The Morgan fingerprint density at radius 2 is 1.71 bits per heavy atom. The average Bonchev–Trinajstić information content (AvgIpc) is 2.57. The van der Waals surface area contributed by atoms with Crippen LogP contribution in [0.2, 0.25) is 0 Å². The molecule has 1 atom stereocenters. The van der Waals surface area contributed by atoms with Crippen molar-refractivity contribution in [2.24, 2.45) is 0 Å². The Balaban J connectivity index is 0.00000288. The molecule has 0 saturated heterocycles. The standard InChI is InChI=1S/C18H19NO4.ClH/c1-2-23-18(22)16(12-13-8-10-15(20)11-9-13)19-17(21)14-6-4-3-5-7-14;/h3-11,16,20H,2,12H2,1H3,(H,19,21);1H/t16-;/m0./s1. The predicted octanol–water partition coefficient (Wildman–Crippen LogP) is 2.72. The fraction of sp³-hybridized carbons (Fsp3) is 0.222. The van der Waals surface area contributed by atoms with Gasteiger partial charge in [0.2, 0.25) is 0 Å². The summed E-state index contributed by atoms with van der Waals surface area (Å²) in [6.07, 6.45) is 0.289. The van der Waals surface area contributed by atoms with Crippen LogP contribution < -0.4 is 5.32 Å². The number of hydrogen-bond acceptors (Lipinski definition) is 4. The molecule has 5 nitrogen and oxygen atoms in total. The molecule has 0 heterocycles. The van der Waals surface area contributed by atoms with Gasteiger partial charge in [-0.1, -0.05) is 30.3 Å². The lowest BCUT2D eigenvalue weighted by Crippen LogP contribution is -2.43.